The molecular weight excluding hydrogens is 406 g/mol. The van der Waals surface area contributed by atoms with Crippen LogP contribution in [0.1, 0.15) is 25.3 Å². The second-order valence-electron chi connectivity index (χ2n) is 7.64. The highest BCUT2D eigenvalue weighted by Crippen LogP contribution is 2.36. The zero-order valence-electron chi connectivity index (χ0n) is 16.7. The zero-order valence-corrected chi connectivity index (χ0v) is 17.5. The first-order chi connectivity index (χ1) is 14.2. The SMILES string of the molecule is CC(CCn1ncc2cc(C#CC#CC3C[C@@H]3CO)ccc21)(C(=O)NO)S(C)(=O)=O. The number of fused-ring (bicyclic) bond motifs is 1. The summed E-state index contributed by atoms with van der Waals surface area (Å²) < 4.78 is 24.0. The Hall–Kier alpha value is -2.85. The van der Waals surface area contributed by atoms with Gasteiger partial charge in [-0.3, -0.25) is 14.7 Å². The van der Waals surface area contributed by atoms with E-state index < -0.39 is 20.5 Å². The highest BCUT2D eigenvalue weighted by atomic mass is 32.2. The van der Waals surface area contributed by atoms with E-state index in [1.165, 1.54) is 12.4 Å². The number of nitrogens with one attached hydrogen (secondary N) is 1. The van der Waals surface area contributed by atoms with E-state index in [0.29, 0.717) is 0 Å². The zero-order chi connectivity index (χ0) is 21.9. The van der Waals surface area contributed by atoms with Crippen LogP contribution >= 0.6 is 0 Å². The van der Waals surface area contributed by atoms with Crippen LogP contribution in [0.5, 0.6) is 0 Å². The molecule has 0 bridgehead atoms. The number of hydrogen-bond acceptors (Lipinski definition) is 6. The Labute approximate surface area is 175 Å². The van der Waals surface area contributed by atoms with E-state index in [-0.39, 0.29) is 31.4 Å². The summed E-state index contributed by atoms with van der Waals surface area (Å²) >= 11 is 0. The number of amides is 1. The molecule has 0 aliphatic heterocycles. The lowest BCUT2D eigenvalue weighted by Crippen LogP contribution is -2.49. The fourth-order valence-corrected chi connectivity index (χ4v) is 3.95. The van der Waals surface area contributed by atoms with Gasteiger partial charge in [0, 0.05) is 36.3 Å². The summed E-state index contributed by atoms with van der Waals surface area (Å²) in [5.74, 6) is 11.2. The molecule has 1 aliphatic rings. The molecule has 1 aliphatic carbocycles. The predicted octanol–water partition coefficient (Wildman–Crippen LogP) is 0.718. The average Bonchev–Trinajstić information content (AvgIpc) is 3.37. The second-order valence-corrected chi connectivity index (χ2v) is 10.1. The Kier molecular flexibility index (Phi) is 6.18. The van der Waals surface area contributed by atoms with Crippen molar-refractivity contribution in [2.75, 3.05) is 12.9 Å². The number of rotatable bonds is 6. The smallest absolute Gasteiger partial charge is 0.264 e. The maximum atomic E-state index is 12.1. The number of aliphatic hydroxyl groups is 1. The summed E-state index contributed by atoms with van der Waals surface area (Å²) in [6.07, 6.45) is 3.48. The van der Waals surface area contributed by atoms with Gasteiger partial charge in [0.05, 0.1) is 11.7 Å². The average molecular weight is 429 g/mol. The molecule has 158 valence electrons. The third-order valence-corrected chi connectivity index (χ3v) is 7.55. The van der Waals surface area contributed by atoms with Crippen molar-refractivity contribution in [3.05, 3.63) is 30.0 Å². The van der Waals surface area contributed by atoms with E-state index in [1.54, 1.807) is 10.9 Å². The van der Waals surface area contributed by atoms with E-state index in [0.717, 1.165) is 29.1 Å². The second kappa shape index (κ2) is 8.49. The van der Waals surface area contributed by atoms with Crippen molar-refractivity contribution in [3.63, 3.8) is 0 Å². The number of benzene rings is 1. The number of aryl methyl sites for hydroxylation is 1. The van der Waals surface area contributed by atoms with Crippen molar-refractivity contribution in [2.45, 2.75) is 31.1 Å². The van der Waals surface area contributed by atoms with Crippen LogP contribution in [-0.4, -0.2) is 52.0 Å². The minimum absolute atomic E-state index is 0.0534. The third-order valence-electron chi connectivity index (χ3n) is 5.53. The summed E-state index contributed by atoms with van der Waals surface area (Å²) in [6, 6.07) is 5.50. The van der Waals surface area contributed by atoms with E-state index in [1.807, 2.05) is 18.2 Å². The topological polar surface area (TPSA) is 122 Å². The first kappa shape index (κ1) is 21.8. The standard InChI is InChI=1S/C21H23N3O5S/c1-21(20(26)23-27,30(2,28)29)9-10-24-19-8-7-15(11-17(19)13-22-24)5-3-4-6-16-12-18(16)14-25/h7-8,11,13,16,18,25,27H,9-10,12,14H2,1-2H3,(H,23,26)/t16?,18-,21?/m1/s1. The number of hydroxylamine groups is 1. The molecule has 3 N–H and O–H groups in total. The Balaban J connectivity index is 1.74. The van der Waals surface area contributed by atoms with Crippen LogP contribution in [0.3, 0.4) is 0 Å². The summed E-state index contributed by atoms with van der Waals surface area (Å²) in [7, 11) is -3.77. The van der Waals surface area contributed by atoms with E-state index in [9.17, 15) is 13.2 Å². The van der Waals surface area contributed by atoms with Crippen LogP contribution in [0.4, 0.5) is 0 Å². The summed E-state index contributed by atoms with van der Waals surface area (Å²) in [6.45, 7) is 1.62. The van der Waals surface area contributed by atoms with E-state index in [4.69, 9.17) is 10.3 Å². The fourth-order valence-electron chi connectivity index (χ4n) is 3.11. The quantitative estimate of drug-likeness (QED) is 0.353. The van der Waals surface area contributed by atoms with Crippen molar-refractivity contribution in [3.8, 4) is 23.7 Å². The van der Waals surface area contributed by atoms with Crippen LogP contribution in [0.2, 0.25) is 0 Å². The number of carbonyl (C=O) groups is 1. The van der Waals surface area contributed by atoms with Gasteiger partial charge in [-0.2, -0.15) is 5.10 Å². The van der Waals surface area contributed by atoms with Crippen LogP contribution in [0, 0.1) is 35.5 Å². The number of nitrogens with zero attached hydrogens (tertiary/aromatic N) is 2. The highest BCUT2D eigenvalue weighted by molar-refractivity contribution is 7.92. The molecule has 3 rings (SSSR count). The largest absolute Gasteiger partial charge is 0.396 e. The highest BCUT2D eigenvalue weighted by Gasteiger charge is 2.43. The van der Waals surface area contributed by atoms with Gasteiger partial charge in [-0.15, -0.1) is 0 Å². The molecule has 8 nitrogen and oxygen atoms in total. The van der Waals surface area contributed by atoms with Crippen molar-refractivity contribution < 1.29 is 23.5 Å². The van der Waals surface area contributed by atoms with Gasteiger partial charge in [0.15, 0.2) is 14.6 Å². The molecule has 1 aromatic heterocycles. The first-order valence-corrected chi connectivity index (χ1v) is 11.3. The number of aromatic nitrogens is 2. The van der Waals surface area contributed by atoms with E-state index >= 15 is 0 Å². The molecule has 1 saturated carbocycles. The molecule has 0 radical (unpaired) electrons. The minimum Gasteiger partial charge on any atom is -0.396 e. The Morgan fingerprint density at radius 3 is 2.80 bits per heavy atom. The van der Waals surface area contributed by atoms with E-state index in [2.05, 4.69) is 28.8 Å². The van der Waals surface area contributed by atoms with Gasteiger partial charge in [-0.25, -0.2) is 13.9 Å². The lowest BCUT2D eigenvalue weighted by Gasteiger charge is -2.25. The Morgan fingerprint density at radius 1 is 1.40 bits per heavy atom. The summed E-state index contributed by atoms with van der Waals surface area (Å²) in [4.78, 5) is 11.9. The van der Waals surface area contributed by atoms with Gasteiger partial charge in [-0.1, -0.05) is 11.8 Å². The van der Waals surface area contributed by atoms with Crippen LogP contribution in [0.15, 0.2) is 24.4 Å². The van der Waals surface area contributed by atoms with Gasteiger partial charge in [-0.05, 0) is 55.7 Å². The fraction of sp³-hybridized carbons (Fsp3) is 0.429. The number of aliphatic hydroxyl groups excluding tert-OH is 1. The lowest BCUT2D eigenvalue weighted by molar-refractivity contribution is -0.131. The molecule has 1 aromatic carbocycles. The van der Waals surface area contributed by atoms with Gasteiger partial charge >= 0.3 is 0 Å². The number of carbonyl (C=O) groups excluding carboxylic acids is 1. The van der Waals surface area contributed by atoms with Crippen LogP contribution in [0.25, 0.3) is 10.9 Å². The minimum atomic E-state index is -3.77. The van der Waals surface area contributed by atoms with Gasteiger partial charge in [0.2, 0.25) is 0 Å². The molecular formula is C21H23N3O5S. The molecule has 30 heavy (non-hydrogen) atoms. The molecule has 1 heterocycles. The molecule has 2 aromatic rings. The monoisotopic (exact) mass is 429 g/mol. The van der Waals surface area contributed by atoms with Gasteiger partial charge in [0.1, 0.15) is 0 Å². The third kappa shape index (κ3) is 4.49. The van der Waals surface area contributed by atoms with Crippen molar-refractivity contribution in [1.29, 1.82) is 0 Å². The van der Waals surface area contributed by atoms with Crippen molar-refractivity contribution in [1.82, 2.24) is 15.3 Å². The summed E-state index contributed by atoms with van der Waals surface area (Å²) in [5, 5.41) is 23.0. The predicted molar refractivity (Wildman–Crippen MR) is 111 cm³/mol. The molecule has 2 unspecified atom stereocenters. The number of hydrogen-bond donors (Lipinski definition) is 3. The normalized spacial score (nSPS) is 19.7. The van der Waals surface area contributed by atoms with Gasteiger partial charge < -0.3 is 5.11 Å². The molecule has 1 fully saturated rings. The molecule has 0 saturated heterocycles. The van der Waals surface area contributed by atoms with Crippen LogP contribution < -0.4 is 5.48 Å². The molecule has 1 amide bonds. The molecule has 0 spiro atoms. The number of sulfone groups is 1. The van der Waals surface area contributed by atoms with Crippen molar-refractivity contribution >= 4 is 26.6 Å². The van der Waals surface area contributed by atoms with Crippen molar-refractivity contribution in [2.24, 2.45) is 11.8 Å². The van der Waals surface area contributed by atoms with Crippen LogP contribution in [-0.2, 0) is 21.2 Å². The lowest BCUT2D eigenvalue weighted by atomic mass is 10.1. The maximum Gasteiger partial charge on any atom is 0.264 e. The van der Waals surface area contributed by atoms with Gasteiger partial charge in [0.25, 0.3) is 5.91 Å². The molecule has 3 atom stereocenters. The molecule has 9 heteroatoms. The maximum absolute atomic E-state index is 12.1. The Morgan fingerprint density at radius 2 is 2.17 bits per heavy atom. The summed E-state index contributed by atoms with van der Waals surface area (Å²) in [5.41, 5.74) is 2.98. The first-order valence-electron chi connectivity index (χ1n) is 9.41. The Bertz CT molecular complexity index is 1200.